The zero-order valence-corrected chi connectivity index (χ0v) is 20.2. The first-order chi connectivity index (χ1) is 15.5. The van der Waals surface area contributed by atoms with Crippen molar-refractivity contribution in [2.24, 2.45) is 0 Å². The summed E-state index contributed by atoms with van der Waals surface area (Å²) in [6.45, 7) is 5.47. The van der Waals surface area contributed by atoms with Gasteiger partial charge in [-0.15, -0.1) is 0 Å². The molecule has 0 heterocycles. The number of carbonyl (C=O) groups excluding carboxylic acids is 3. The van der Waals surface area contributed by atoms with Crippen molar-refractivity contribution in [3.8, 4) is 5.75 Å². The van der Waals surface area contributed by atoms with Gasteiger partial charge in [0.1, 0.15) is 11.4 Å². The van der Waals surface area contributed by atoms with E-state index in [4.69, 9.17) is 32.7 Å². The van der Waals surface area contributed by atoms with E-state index in [1.165, 1.54) is 6.07 Å². The van der Waals surface area contributed by atoms with E-state index in [2.05, 4.69) is 16.0 Å². The Kier molecular flexibility index (Phi) is 9.81. The van der Waals surface area contributed by atoms with Crippen molar-refractivity contribution in [3.05, 3.63) is 58.1 Å². The van der Waals surface area contributed by atoms with Gasteiger partial charge in [0.15, 0.2) is 6.61 Å². The lowest BCUT2D eigenvalue weighted by Gasteiger charge is -2.19. The number of ether oxygens (including phenoxy) is 2. The lowest BCUT2D eigenvalue weighted by Crippen LogP contribution is -2.34. The van der Waals surface area contributed by atoms with Crippen molar-refractivity contribution in [2.75, 3.05) is 18.5 Å². The molecule has 2 rings (SSSR count). The first-order valence-electron chi connectivity index (χ1n) is 10.2. The van der Waals surface area contributed by atoms with Crippen molar-refractivity contribution >= 4 is 46.8 Å². The fourth-order valence-corrected chi connectivity index (χ4v) is 3.03. The van der Waals surface area contributed by atoms with Gasteiger partial charge in [0.25, 0.3) is 5.91 Å². The highest BCUT2D eigenvalue weighted by Gasteiger charge is 2.16. The number of amides is 3. The van der Waals surface area contributed by atoms with Crippen molar-refractivity contribution in [1.82, 2.24) is 10.6 Å². The van der Waals surface area contributed by atoms with Gasteiger partial charge in [-0.2, -0.15) is 0 Å². The molecule has 2 aromatic rings. The van der Waals surface area contributed by atoms with Gasteiger partial charge >= 0.3 is 6.09 Å². The second-order valence-corrected chi connectivity index (χ2v) is 8.91. The van der Waals surface area contributed by atoms with Crippen LogP contribution in [0.2, 0.25) is 10.0 Å². The molecular formula is C23H27Cl2N3O5. The van der Waals surface area contributed by atoms with Crippen LogP contribution < -0.4 is 20.7 Å². The summed E-state index contributed by atoms with van der Waals surface area (Å²) in [6.07, 6.45) is -0.486. The van der Waals surface area contributed by atoms with Crippen LogP contribution in [0.1, 0.15) is 32.8 Å². The summed E-state index contributed by atoms with van der Waals surface area (Å²) >= 11 is 11.8. The van der Waals surface area contributed by atoms with Gasteiger partial charge in [-0.05, 0) is 56.7 Å². The predicted octanol–water partition coefficient (Wildman–Crippen LogP) is 4.54. The number of hydrogen-bond acceptors (Lipinski definition) is 5. The number of benzene rings is 2. The number of hydrogen-bond donors (Lipinski definition) is 3. The van der Waals surface area contributed by atoms with Crippen LogP contribution in [-0.4, -0.2) is 36.7 Å². The van der Waals surface area contributed by atoms with Crippen molar-refractivity contribution in [1.29, 1.82) is 0 Å². The molecule has 0 fully saturated rings. The molecule has 0 radical (unpaired) electrons. The molecule has 33 heavy (non-hydrogen) atoms. The molecule has 0 aliphatic carbocycles. The van der Waals surface area contributed by atoms with Crippen LogP contribution in [0.15, 0.2) is 42.5 Å². The number of carbonyl (C=O) groups is 3. The number of halogens is 2. The minimum absolute atomic E-state index is 0.0881. The molecule has 3 amide bonds. The Labute approximate surface area is 202 Å². The molecule has 2 aromatic carbocycles. The van der Waals surface area contributed by atoms with E-state index in [9.17, 15) is 14.4 Å². The zero-order valence-electron chi connectivity index (χ0n) is 18.7. The van der Waals surface area contributed by atoms with Gasteiger partial charge < -0.3 is 25.4 Å². The Morgan fingerprint density at radius 3 is 2.42 bits per heavy atom. The minimum Gasteiger partial charge on any atom is -0.482 e. The molecule has 0 bridgehead atoms. The summed E-state index contributed by atoms with van der Waals surface area (Å²) in [5, 5.41) is 8.82. The van der Waals surface area contributed by atoms with Crippen LogP contribution in [0.25, 0.3) is 0 Å². The Morgan fingerprint density at radius 2 is 1.73 bits per heavy atom. The van der Waals surface area contributed by atoms with E-state index in [0.29, 0.717) is 21.5 Å². The summed E-state index contributed by atoms with van der Waals surface area (Å²) in [5.74, 6) is -0.230. The Balaban J connectivity index is 1.74. The molecule has 0 saturated carbocycles. The average molecular weight is 496 g/mol. The van der Waals surface area contributed by atoms with Crippen molar-refractivity contribution in [2.45, 2.75) is 39.3 Å². The minimum atomic E-state index is -0.600. The van der Waals surface area contributed by atoms with Gasteiger partial charge in [-0.1, -0.05) is 35.3 Å². The van der Waals surface area contributed by atoms with Crippen LogP contribution in [0.4, 0.5) is 10.5 Å². The monoisotopic (exact) mass is 495 g/mol. The molecule has 0 atom stereocenters. The molecule has 178 valence electrons. The second kappa shape index (κ2) is 12.3. The number of alkyl carbamates (subject to hydrolysis) is 1. The predicted molar refractivity (Wildman–Crippen MR) is 128 cm³/mol. The normalized spacial score (nSPS) is 10.8. The van der Waals surface area contributed by atoms with Crippen LogP contribution in [0.3, 0.4) is 0 Å². The molecule has 0 spiro atoms. The van der Waals surface area contributed by atoms with Gasteiger partial charge in [0.05, 0.1) is 5.02 Å². The number of rotatable bonds is 9. The summed E-state index contributed by atoms with van der Waals surface area (Å²) < 4.78 is 10.5. The average Bonchev–Trinajstić information content (AvgIpc) is 2.70. The zero-order chi connectivity index (χ0) is 24.4. The largest absolute Gasteiger partial charge is 0.482 e. The molecule has 0 unspecified atom stereocenters. The molecule has 3 N–H and O–H groups in total. The first-order valence-corrected chi connectivity index (χ1v) is 11.0. The molecular weight excluding hydrogens is 469 g/mol. The first kappa shape index (κ1) is 26.3. The van der Waals surface area contributed by atoms with Crippen LogP contribution >= 0.6 is 23.2 Å². The lowest BCUT2D eigenvalue weighted by molar-refractivity contribution is -0.123. The van der Waals surface area contributed by atoms with E-state index in [-0.39, 0.29) is 37.9 Å². The van der Waals surface area contributed by atoms with E-state index in [1.807, 2.05) is 6.07 Å². The summed E-state index contributed by atoms with van der Waals surface area (Å²) in [6, 6.07) is 11.8. The van der Waals surface area contributed by atoms with E-state index in [1.54, 1.807) is 51.1 Å². The fraction of sp³-hybridized carbons (Fsp3) is 0.348. The highest BCUT2D eigenvalue weighted by Crippen LogP contribution is 2.27. The van der Waals surface area contributed by atoms with Gasteiger partial charge in [-0.3, -0.25) is 9.59 Å². The lowest BCUT2D eigenvalue weighted by atomic mass is 10.2. The van der Waals surface area contributed by atoms with E-state index in [0.717, 1.165) is 5.56 Å². The highest BCUT2D eigenvalue weighted by atomic mass is 35.5. The van der Waals surface area contributed by atoms with E-state index < -0.39 is 11.7 Å². The molecule has 8 nitrogen and oxygen atoms in total. The third-order valence-corrected chi connectivity index (χ3v) is 4.50. The van der Waals surface area contributed by atoms with E-state index >= 15 is 0 Å². The Hall–Kier alpha value is -2.97. The van der Waals surface area contributed by atoms with Crippen LogP contribution in [-0.2, 0) is 20.9 Å². The van der Waals surface area contributed by atoms with Crippen molar-refractivity contribution in [3.63, 3.8) is 0 Å². The maximum atomic E-state index is 12.1. The Morgan fingerprint density at radius 1 is 0.970 bits per heavy atom. The topological polar surface area (TPSA) is 106 Å². The maximum Gasteiger partial charge on any atom is 0.407 e. The smallest absolute Gasteiger partial charge is 0.407 e. The Bertz CT molecular complexity index is 992. The quantitative estimate of drug-likeness (QED) is 0.473. The number of nitrogens with one attached hydrogen (secondary N) is 3. The molecule has 0 aliphatic heterocycles. The molecule has 0 aliphatic rings. The third-order valence-electron chi connectivity index (χ3n) is 3.97. The van der Waals surface area contributed by atoms with Crippen LogP contribution in [0, 0.1) is 0 Å². The SMILES string of the molecule is CC(C)(C)OC(=O)NCCC(=O)Nc1cccc(CNC(=O)COc2ccc(Cl)cc2Cl)c1. The van der Waals surface area contributed by atoms with Gasteiger partial charge in [0.2, 0.25) is 5.91 Å². The second-order valence-electron chi connectivity index (χ2n) is 8.07. The third kappa shape index (κ3) is 10.5. The molecule has 10 heteroatoms. The highest BCUT2D eigenvalue weighted by molar-refractivity contribution is 6.35. The molecule has 0 aromatic heterocycles. The van der Waals surface area contributed by atoms with Gasteiger partial charge in [-0.25, -0.2) is 4.79 Å². The molecule has 0 saturated heterocycles. The van der Waals surface area contributed by atoms with Crippen LogP contribution in [0.5, 0.6) is 5.75 Å². The fourth-order valence-electron chi connectivity index (χ4n) is 2.56. The standard InChI is InChI=1S/C23H27Cl2N3O5/c1-23(2,3)33-22(31)26-10-9-20(29)28-17-6-4-5-15(11-17)13-27-21(30)14-32-19-8-7-16(24)12-18(19)25/h4-8,11-12H,9-10,13-14H2,1-3H3,(H,26,31)(H,27,30)(H,28,29). The van der Waals surface area contributed by atoms with Crippen molar-refractivity contribution < 1.29 is 23.9 Å². The summed E-state index contributed by atoms with van der Waals surface area (Å²) in [5.41, 5.74) is 0.766. The maximum absolute atomic E-state index is 12.1. The summed E-state index contributed by atoms with van der Waals surface area (Å²) in [7, 11) is 0. The number of anilines is 1. The van der Waals surface area contributed by atoms with Gasteiger partial charge in [0, 0.05) is 30.2 Å². The summed E-state index contributed by atoms with van der Waals surface area (Å²) in [4.78, 5) is 35.8.